The fourth-order valence-electron chi connectivity index (χ4n) is 4.78. The summed E-state index contributed by atoms with van der Waals surface area (Å²) in [5, 5.41) is 3.51. The zero-order chi connectivity index (χ0) is 20.4. The van der Waals surface area contributed by atoms with Gasteiger partial charge in [-0.3, -0.25) is 9.78 Å². The third-order valence-corrected chi connectivity index (χ3v) is 6.35. The van der Waals surface area contributed by atoms with Gasteiger partial charge in [-0.2, -0.15) is 0 Å². The number of carbonyl (C=O) groups excluding carboxylic acids is 1. The second kappa shape index (κ2) is 8.09. The summed E-state index contributed by atoms with van der Waals surface area (Å²) in [4.78, 5) is 28.4. The molecule has 1 spiro atoms. The van der Waals surface area contributed by atoms with Crippen molar-refractivity contribution in [1.82, 2.24) is 19.9 Å². The van der Waals surface area contributed by atoms with E-state index in [2.05, 4.69) is 29.1 Å². The number of anilines is 1. The lowest BCUT2D eigenvalue weighted by atomic mass is 9.76. The van der Waals surface area contributed by atoms with Crippen molar-refractivity contribution < 1.29 is 4.79 Å². The molecule has 6 nitrogen and oxygen atoms in total. The van der Waals surface area contributed by atoms with E-state index in [1.165, 1.54) is 16.8 Å². The number of aromatic nitrogens is 3. The van der Waals surface area contributed by atoms with Crippen molar-refractivity contribution >= 4 is 11.7 Å². The zero-order valence-corrected chi connectivity index (χ0v) is 17.7. The minimum absolute atomic E-state index is 0.109. The molecule has 0 unspecified atom stereocenters. The molecule has 1 aliphatic carbocycles. The average Bonchev–Trinajstić information content (AvgIpc) is 3.05. The van der Waals surface area contributed by atoms with Gasteiger partial charge < -0.3 is 10.2 Å². The van der Waals surface area contributed by atoms with Crippen LogP contribution < -0.4 is 5.32 Å². The lowest BCUT2D eigenvalue weighted by molar-refractivity contribution is -0.132. The van der Waals surface area contributed by atoms with E-state index in [1.54, 1.807) is 12.4 Å². The molecular weight excluding hydrogens is 362 g/mol. The summed E-state index contributed by atoms with van der Waals surface area (Å²) in [6, 6.07) is 4.32. The van der Waals surface area contributed by atoms with Gasteiger partial charge in [-0.15, -0.1) is 0 Å². The summed E-state index contributed by atoms with van der Waals surface area (Å²) in [7, 11) is 0. The van der Waals surface area contributed by atoms with E-state index < -0.39 is 0 Å². The Morgan fingerprint density at radius 3 is 2.59 bits per heavy atom. The average molecular weight is 394 g/mol. The van der Waals surface area contributed by atoms with Gasteiger partial charge in [0.2, 0.25) is 5.91 Å². The molecule has 0 radical (unpaired) electrons. The van der Waals surface area contributed by atoms with Crippen molar-refractivity contribution in [2.75, 3.05) is 18.4 Å². The van der Waals surface area contributed by atoms with Crippen LogP contribution in [0.25, 0.3) is 0 Å². The summed E-state index contributed by atoms with van der Waals surface area (Å²) in [6.07, 6.45) is 9.06. The molecule has 0 aromatic carbocycles. The summed E-state index contributed by atoms with van der Waals surface area (Å²) in [6.45, 7) is 7.92. The molecule has 0 atom stereocenters. The first kappa shape index (κ1) is 19.8. The number of nitrogens with zero attached hydrogens (tertiary/aromatic N) is 4. The maximum Gasteiger partial charge on any atom is 0.222 e. The lowest BCUT2D eigenvalue weighted by Gasteiger charge is -2.39. The Balaban J connectivity index is 1.42. The second-order valence-corrected chi connectivity index (χ2v) is 8.76. The van der Waals surface area contributed by atoms with Gasteiger partial charge in [0.15, 0.2) is 0 Å². The number of amides is 1. The molecule has 2 aromatic heterocycles. The number of aryl methyl sites for hydroxylation is 2. The standard InChI is InChI=1S/C23H31N5O/c1-16(2)25-22-19-6-9-23(21(19)26-17(3)27-22)10-14-28(15-11-23)20(29)5-4-18-7-12-24-13-8-18/h7-8,12-13,16H,4-6,9-11,14-15H2,1-3H3,(H,25,26,27). The minimum Gasteiger partial charge on any atom is -0.368 e. The molecule has 1 fully saturated rings. The number of hydrogen-bond acceptors (Lipinski definition) is 5. The van der Waals surface area contributed by atoms with Gasteiger partial charge in [-0.05, 0) is 70.6 Å². The van der Waals surface area contributed by atoms with Gasteiger partial charge in [0.25, 0.3) is 0 Å². The van der Waals surface area contributed by atoms with Crippen LogP contribution in [-0.4, -0.2) is 44.9 Å². The molecule has 4 rings (SSSR count). The SMILES string of the molecule is Cc1nc(NC(C)C)c2c(n1)C1(CC2)CCN(C(=O)CCc2ccncc2)CC1. The molecule has 1 N–H and O–H groups in total. The van der Waals surface area contributed by atoms with Gasteiger partial charge >= 0.3 is 0 Å². The second-order valence-electron chi connectivity index (χ2n) is 8.76. The molecule has 1 aliphatic heterocycles. The Hall–Kier alpha value is -2.50. The van der Waals surface area contributed by atoms with Crippen molar-refractivity contribution in [1.29, 1.82) is 0 Å². The lowest BCUT2D eigenvalue weighted by Crippen LogP contribution is -2.44. The van der Waals surface area contributed by atoms with Crippen LogP contribution in [0, 0.1) is 6.92 Å². The van der Waals surface area contributed by atoms with Crippen LogP contribution in [0.2, 0.25) is 0 Å². The number of rotatable bonds is 5. The van der Waals surface area contributed by atoms with Gasteiger partial charge in [-0.1, -0.05) is 0 Å². The summed E-state index contributed by atoms with van der Waals surface area (Å²) < 4.78 is 0. The highest BCUT2D eigenvalue weighted by atomic mass is 16.2. The van der Waals surface area contributed by atoms with E-state index in [-0.39, 0.29) is 11.3 Å². The van der Waals surface area contributed by atoms with E-state index in [9.17, 15) is 4.79 Å². The fraction of sp³-hybridized carbons (Fsp3) is 0.565. The molecule has 1 saturated heterocycles. The molecule has 1 amide bonds. The largest absolute Gasteiger partial charge is 0.368 e. The van der Waals surface area contributed by atoms with Crippen molar-refractivity contribution in [3.05, 3.63) is 47.2 Å². The van der Waals surface area contributed by atoms with Crippen molar-refractivity contribution in [2.24, 2.45) is 0 Å². The fourth-order valence-corrected chi connectivity index (χ4v) is 4.78. The topological polar surface area (TPSA) is 71.0 Å². The van der Waals surface area contributed by atoms with E-state index in [0.717, 1.165) is 56.8 Å². The minimum atomic E-state index is 0.109. The van der Waals surface area contributed by atoms with E-state index in [4.69, 9.17) is 4.98 Å². The molecule has 2 aromatic rings. The molecule has 29 heavy (non-hydrogen) atoms. The predicted octanol–water partition coefficient (Wildman–Crippen LogP) is 3.44. The Morgan fingerprint density at radius 1 is 1.17 bits per heavy atom. The van der Waals surface area contributed by atoms with Crippen LogP contribution >= 0.6 is 0 Å². The number of likely N-dealkylation sites (tertiary alicyclic amines) is 1. The number of hydrogen-bond donors (Lipinski definition) is 1. The van der Waals surface area contributed by atoms with E-state index in [1.807, 2.05) is 24.0 Å². The molecule has 154 valence electrons. The van der Waals surface area contributed by atoms with Crippen molar-refractivity contribution in [3.63, 3.8) is 0 Å². The number of piperidine rings is 1. The van der Waals surface area contributed by atoms with Crippen LogP contribution in [-0.2, 0) is 23.1 Å². The highest BCUT2D eigenvalue weighted by Crippen LogP contribution is 2.47. The van der Waals surface area contributed by atoms with Crippen LogP contribution in [0.4, 0.5) is 5.82 Å². The van der Waals surface area contributed by atoms with Gasteiger partial charge in [-0.25, -0.2) is 9.97 Å². The van der Waals surface area contributed by atoms with Crippen molar-refractivity contribution in [2.45, 2.75) is 70.8 Å². The van der Waals surface area contributed by atoms with Gasteiger partial charge in [0.1, 0.15) is 11.6 Å². The quantitative estimate of drug-likeness (QED) is 0.843. The Bertz CT molecular complexity index is 872. The first-order valence-corrected chi connectivity index (χ1v) is 10.8. The third-order valence-electron chi connectivity index (χ3n) is 6.35. The normalized spacial score (nSPS) is 17.6. The number of carbonyl (C=O) groups is 1. The zero-order valence-electron chi connectivity index (χ0n) is 17.7. The molecule has 2 aliphatic rings. The summed E-state index contributed by atoms with van der Waals surface area (Å²) in [5.41, 5.74) is 3.81. The monoisotopic (exact) mass is 393 g/mol. The Morgan fingerprint density at radius 2 is 1.90 bits per heavy atom. The van der Waals surface area contributed by atoms with Gasteiger partial charge in [0.05, 0.1) is 5.69 Å². The highest BCUT2D eigenvalue weighted by Gasteiger charge is 2.44. The molecule has 6 heteroatoms. The van der Waals surface area contributed by atoms with Crippen molar-refractivity contribution in [3.8, 4) is 0 Å². The van der Waals surface area contributed by atoms with E-state index in [0.29, 0.717) is 12.5 Å². The summed E-state index contributed by atoms with van der Waals surface area (Å²) >= 11 is 0. The maximum absolute atomic E-state index is 12.7. The summed E-state index contributed by atoms with van der Waals surface area (Å²) in [5.74, 6) is 2.11. The predicted molar refractivity (Wildman–Crippen MR) is 114 cm³/mol. The maximum atomic E-state index is 12.7. The molecular formula is C23H31N5O. The Labute approximate surface area is 173 Å². The van der Waals surface area contributed by atoms with Gasteiger partial charge in [0, 0.05) is 48.9 Å². The number of pyridine rings is 1. The molecule has 0 saturated carbocycles. The van der Waals surface area contributed by atoms with Crippen LogP contribution in [0.15, 0.2) is 24.5 Å². The van der Waals surface area contributed by atoms with Crippen LogP contribution in [0.5, 0.6) is 0 Å². The number of fused-ring (bicyclic) bond motifs is 2. The van der Waals surface area contributed by atoms with Crippen LogP contribution in [0.1, 0.15) is 62.2 Å². The number of nitrogens with one attached hydrogen (secondary N) is 1. The Kier molecular flexibility index (Phi) is 5.52. The third kappa shape index (κ3) is 4.11. The smallest absolute Gasteiger partial charge is 0.222 e. The van der Waals surface area contributed by atoms with E-state index >= 15 is 0 Å². The molecule has 3 heterocycles. The highest BCUT2D eigenvalue weighted by molar-refractivity contribution is 5.76. The first-order chi connectivity index (χ1) is 14.0. The van der Waals surface area contributed by atoms with Crippen LogP contribution in [0.3, 0.4) is 0 Å². The first-order valence-electron chi connectivity index (χ1n) is 10.8. The molecule has 0 bridgehead atoms.